The molecule has 1 aliphatic rings. The molecule has 1 aromatic rings. The lowest BCUT2D eigenvalue weighted by Gasteiger charge is -2.26. The zero-order valence-electron chi connectivity index (χ0n) is 14.1. The number of hydrogen-bond donors (Lipinski definition) is 1. The molecular formula is C17H27N3O3. The number of hydrogen-bond acceptors (Lipinski definition) is 4. The molecule has 0 aromatic carbocycles. The van der Waals surface area contributed by atoms with Gasteiger partial charge in [0.25, 0.3) is 0 Å². The number of nitrogens with zero attached hydrogens (tertiary/aromatic N) is 2. The van der Waals surface area contributed by atoms with E-state index in [1.54, 1.807) is 11.0 Å². The van der Waals surface area contributed by atoms with Crippen molar-refractivity contribution in [3.8, 4) is 0 Å². The van der Waals surface area contributed by atoms with Gasteiger partial charge in [-0.25, -0.2) is 0 Å². The minimum atomic E-state index is -0.224. The van der Waals surface area contributed by atoms with E-state index in [1.165, 1.54) is 6.26 Å². The molecular weight excluding hydrogens is 294 g/mol. The Hall–Kier alpha value is -1.85. The topological polar surface area (TPSA) is 75.4 Å². The van der Waals surface area contributed by atoms with Crippen LogP contribution < -0.4 is 5.32 Å². The van der Waals surface area contributed by atoms with Gasteiger partial charge < -0.3 is 14.7 Å². The number of amides is 2. The first kappa shape index (κ1) is 17.5. The summed E-state index contributed by atoms with van der Waals surface area (Å²) >= 11 is 0. The number of aromatic nitrogens is 1. The predicted molar refractivity (Wildman–Crippen MR) is 87.7 cm³/mol. The SMILES string of the molecule is CCCCC(CC)C(=O)N(CC(=O)Nc1ccon1)CC1CC1. The Morgan fingerprint density at radius 3 is 2.78 bits per heavy atom. The maximum absolute atomic E-state index is 12.8. The van der Waals surface area contributed by atoms with Crippen molar-refractivity contribution in [3.05, 3.63) is 12.3 Å². The Kier molecular flexibility index (Phi) is 6.62. The highest BCUT2D eigenvalue weighted by Gasteiger charge is 2.30. The van der Waals surface area contributed by atoms with Crippen LogP contribution in [0.25, 0.3) is 0 Å². The molecule has 23 heavy (non-hydrogen) atoms. The molecule has 6 nitrogen and oxygen atoms in total. The standard InChI is InChI=1S/C17H27N3O3/c1-3-5-6-14(4-2)17(22)20(11-13-7-8-13)12-16(21)18-15-9-10-23-19-15/h9-10,13-14H,3-8,11-12H2,1-2H3,(H,18,19,21). The highest BCUT2D eigenvalue weighted by atomic mass is 16.5. The number of rotatable bonds is 10. The zero-order valence-corrected chi connectivity index (χ0v) is 14.1. The van der Waals surface area contributed by atoms with Gasteiger partial charge in [0.1, 0.15) is 6.26 Å². The van der Waals surface area contributed by atoms with Crippen LogP contribution in [0.5, 0.6) is 0 Å². The fourth-order valence-electron chi connectivity index (χ4n) is 2.69. The summed E-state index contributed by atoms with van der Waals surface area (Å²) in [5.41, 5.74) is 0. The van der Waals surface area contributed by atoms with Crippen LogP contribution in [0.1, 0.15) is 52.4 Å². The monoisotopic (exact) mass is 321 g/mol. The third kappa shape index (κ3) is 5.69. The van der Waals surface area contributed by atoms with Crippen molar-refractivity contribution in [2.24, 2.45) is 11.8 Å². The lowest BCUT2D eigenvalue weighted by Crippen LogP contribution is -2.42. The average Bonchev–Trinajstić information content (AvgIpc) is 3.21. The Morgan fingerprint density at radius 1 is 1.43 bits per heavy atom. The largest absolute Gasteiger partial charge is 0.363 e. The highest BCUT2D eigenvalue weighted by molar-refractivity contribution is 5.94. The van der Waals surface area contributed by atoms with Crippen LogP contribution in [0.15, 0.2) is 16.9 Å². The normalized spacial score (nSPS) is 15.2. The van der Waals surface area contributed by atoms with Gasteiger partial charge in [-0.15, -0.1) is 0 Å². The summed E-state index contributed by atoms with van der Waals surface area (Å²) in [5.74, 6) is 0.851. The maximum atomic E-state index is 12.8. The molecule has 0 aliphatic heterocycles. The molecule has 1 fully saturated rings. The lowest BCUT2D eigenvalue weighted by atomic mass is 9.97. The molecule has 0 spiro atoms. The van der Waals surface area contributed by atoms with Crippen molar-refractivity contribution < 1.29 is 14.1 Å². The molecule has 1 aliphatic carbocycles. The molecule has 1 aromatic heterocycles. The van der Waals surface area contributed by atoms with Crippen molar-refractivity contribution >= 4 is 17.6 Å². The van der Waals surface area contributed by atoms with Crippen LogP contribution in [0.3, 0.4) is 0 Å². The van der Waals surface area contributed by atoms with Gasteiger partial charge in [0, 0.05) is 18.5 Å². The fourth-order valence-corrected chi connectivity index (χ4v) is 2.69. The molecule has 1 N–H and O–H groups in total. The molecule has 0 bridgehead atoms. The van der Waals surface area contributed by atoms with Crippen LogP contribution in [-0.4, -0.2) is 35.0 Å². The Balaban J connectivity index is 1.94. The minimum Gasteiger partial charge on any atom is -0.363 e. The first-order valence-electron chi connectivity index (χ1n) is 8.63. The quantitative estimate of drug-likeness (QED) is 0.718. The highest BCUT2D eigenvalue weighted by Crippen LogP contribution is 2.30. The van der Waals surface area contributed by atoms with Crippen molar-refractivity contribution in [3.63, 3.8) is 0 Å². The van der Waals surface area contributed by atoms with Crippen molar-refractivity contribution in [1.82, 2.24) is 10.1 Å². The summed E-state index contributed by atoms with van der Waals surface area (Å²) in [6, 6.07) is 1.58. The van der Waals surface area contributed by atoms with Crippen LogP contribution in [0.4, 0.5) is 5.82 Å². The molecule has 1 atom stereocenters. The van der Waals surface area contributed by atoms with E-state index < -0.39 is 0 Å². The molecule has 2 amide bonds. The molecule has 2 rings (SSSR count). The van der Waals surface area contributed by atoms with E-state index in [2.05, 4.69) is 17.4 Å². The molecule has 0 radical (unpaired) electrons. The molecule has 1 saturated carbocycles. The van der Waals surface area contributed by atoms with Crippen LogP contribution in [-0.2, 0) is 9.59 Å². The van der Waals surface area contributed by atoms with Gasteiger partial charge in [0.05, 0.1) is 6.54 Å². The van der Waals surface area contributed by atoms with Crippen LogP contribution >= 0.6 is 0 Å². The van der Waals surface area contributed by atoms with E-state index in [1.807, 2.05) is 6.92 Å². The number of carbonyl (C=O) groups excluding carboxylic acids is 2. The van der Waals surface area contributed by atoms with Gasteiger partial charge in [0.2, 0.25) is 11.8 Å². The van der Waals surface area contributed by atoms with E-state index in [9.17, 15) is 9.59 Å². The van der Waals surface area contributed by atoms with Gasteiger partial charge in [0.15, 0.2) is 5.82 Å². The minimum absolute atomic E-state index is 0.0218. The van der Waals surface area contributed by atoms with E-state index in [-0.39, 0.29) is 24.3 Å². The Labute approximate surface area is 137 Å². The van der Waals surface area contributed by atoms with Crippen LogP contribution in [0, 0.1) is 11.8 Å². The van der Waals surface area contributed by atoms with Gasteiger partial charge in [-0.3, -0.25) is 9.59 Å². The van der Waals surface area contributed by atoms with E-state index in [0.29, 0.717) is 18.3 Å². The summed E-state index contributed by atoms with van der Waals surface area (Å²) in [6.45, 7) is 4.95. The molecule has 1 heterocycles. The number of nitrogens with one attached hydrogen (secondary N) is 1. The molecule has 1 unspecified atom stereocenters. The Morgan fingerprint density at radius 2 is 2.22 bits per heavy atom. The summed E-state index contributed by atoms with van der Waals surface area (Å²) < 4.78 is 4.70. The fraction of sp³-hybridized carbons (Fsp3) is 0.706. The van der Waals surface area contributed by atoms with Gasteiger partial charge in [-0.1, -0.05) is 31.8 Å². The molecule has 128 valence electrons. The second-order valence-electron chi connectivity index (χ2n) is 6.34. The second kappa shape index (κ2) is 8.70. The number of anilines is 1. The number of unbranched alkanes of at least 4 members (excludes halogenated alkanes) is 1. The summed E-state index contributed by atoms with van der Waals surface area (Å²) in [4.78, 5) is 26.7. The van der Waals surface area contributed by atoms with E-state index in [0.717, 1.165) is 38.5 Å². The third-order valence-corrected chi connectivity index (χ3v) is 4.28. The zero-order chi connectivity index (χ0) is 16.7. The Bertz CT molecular complexity index is 497. The lowest BCUT2D eigenvalue weighted by molar-refractivity contribution is -0.139. The van der Waals surface area contributed by atoms with Crippen molar-refractivity contribution in [2.75, 3.05) is 18.4 Å². The summed E-state index contributed by atoms with van der Waals surface area (Å²) in [5, 5.41) is 6.33. The van der Waals surface area contributed by atoms with Crippen LogP contribution in [0.2, 0.25) is 0 Å². The first-order valence-corrected chi connectivity index (χ1v) is 8.63. The summed E-state index contributed by atoms with van der Waals surface area (Å²) in [6.07, 6.45) is 7.57. The van der Waals surface area contributed by atoms with Crippen molar-refractivity contribution in [1.29, 1.82) is 0 Å². The predicted octanol–water partition coefficient (Wildman–Crippen LogP) is 3.07. The maximum Gasteiger partial charge on any atom is 0.245 e. The van der Waals surface area contributed by atoms with Gasteiger partial charge in [-0.05, 0) is 31.6 Å². The molecule has 0 saturated heterocycles. The van der Waals surface area contributed by atoms with Gasteiger partial charge >= 0.3 is 0 Å². The summed E-state index contributed by atoms with van der Waals surface area (Å²) in [7, 11) is 0. The average molecular weight is 321 g/mol. The smallest absolute Gasteiger partial charge is 0.245 e. The second-order valence-corrected chi connectivity index (χ2v) is 6.34. The van der Waals surface area contributed by atoms with Gasteiger partial charge in [-0.2, -0.15) is 0 Å². The van der Waals surface area contributed by atoms with Crippen molar-refractivity contribution in [2.45, 2.75) is 52.4 Å². The first-order chi connectivity index (χ1) is 11.1. The molecule has 6 heteroatoms. The van der Waals surface area contributed by atoms with E-state index in [4.69, 9.17) is 4.52 Å². The number of carbonyl (C=O) groups is 2. The third-order valence-electron chi connectivity index (χ3n) is 4.28. The van der Waals surface area contributed by atoms with E-state index >= 15 is 0 Å².